The number of aryl methyl sites for hydroxylation is 1. The van der Waals surface area contributed by atoms with Crippen LogP contribution in [0, 0.1) is 18.3 Å². The molecule has 8 heteroatoms. The minimum absolute atomic E-state index is 0.396. The average Bonchev–Trinajstić information content (AvgIpc) is 3.34. The molecule has 0 aliphatic heterocycles. The van der Waals surface area contributed by atoms with Crippen molar-refractivity contribution in [2.45, 2.75) is 48.8 Å². The third-order valence-corrected chi connectivity index (χ3v) is 6.46. The maximum atomic E-state index is 12.5. The molecule has 146 valence electrons. The first-order chi connectivity index (χ1) is 13.5. The number of nitrogens with one attached hydrogen (secondary N) is 1. The number of ether oxygens (including phenoxy) is 1. The number of amides is 1. The summed E-state index contributed by atoms with van der Waals surface area (Å²) in [4.78, 5) is 29.8. The lowest BCUT2D eigenvalue weighted by atomic mass is 10.00. The van der Waals surface area contributed by atoms with Crippen LogP contribution < -0.4 is 5.32 Å². The fraction of sp³-hybridized carbons (Fsp3) is 0.400. The highest BCUT2D eigenvalue weighted by Gasteiger charge is 2.35. The first-order valence-corrected chi connectivity index (χ1v) is 10.9. The van der Waals surface area contributed by atoms with Gasteiger partial charge in [-0.1, -0.05) is 12.1 Å². The topological polar surface area (TPSA) is 92.1 Å². The molecule has 1 fully saturated rings. The van der Waals surface area contributed by atoms with Crippen molar-refractivity contribution in [1.82, 2.24) is 10.3 Å². The van der Waals surface area contributed by atoms with Crippen LogP contribution in [0.3, 0.4) is 0 Å². The van der Waals surface area contributed by atoms with E-state index in [1.165, 1.54) is 11.8 Å². The van der Waals surface area contributed by atoms with Gasteiger partial charge in [-0.3, -0.25) is 4.79 Å². The summed E-state index contributed by atoms with van der Waals surface area (Å²) < 4.78 is 5.20. The van der Waals surface area contributed by atoms with Crippen molar-refractivity contribution in [3.63, 3.8) is 0 Å². The highest BCUT2D eigenvalue weighted by Crippen LogP contribution is 2.29. The number of aromatic nitrogens is 1. The van der Waals surface area contributed by atoms with Gasteiger partial charge < -0.3 is 10.1 Å². The molecule has 1 N–H and O–H groups in total. The molecule has 1 aromatic heterocycles. The third kappa shape index (κ3) is 5.12. The van der Waals surface area contributed by atoms with E-state index < -0.39 is 24.0 Å². The number of thiazole rings is 1. The Morgan fingerprint density at radius 3 is 2.79 bits per heavy atom. The number of nitriles is 1. The minimum atomic E-state index is -0.817. The van der Waals surface area contributed by atoms with Gasteiger partial charge in [0.15, 0.2) is 6.61 Å². The number of carbonyl (C=O) groups is 2. The zero-order valence-electron chi connectivity index (χ0n) is 15.6. The lowest BCUT2D eigenvalue weighted by Gasteiger charge is -2.21. The second-order valence-electron chi connectivity index (χ2n) is 6.67. The van der Waals surface area contributed by atoms with E-state index in [1.54, 1.807) is 23.5 Å². The van der Waals surface area contributed by atoms with E-state index in [9.17, 15) is 14.9 Å². The van der Waals surface area contributed by atoms with Crippen molar-refractivity contribution in [3.8, 4) is 6.07 Å². The molecule has 0 atom stereocenters. The van der Waals surface area contributed by atoms with Crippen molar-refractivity contribution < 1.29 is 14.3 Å². The van der Waals surface area contributed by atoms with Crippen molar-refractivity contribution in [2.24, 2.45) is 0 Å². The number of benzene rings is 1. The largest absolute Gasteiger partial charge is 0.452 e. The van der Waals surface area contributed by atoms with Gasteiger partial charge in [-0.25, -0.2) is 9.78 Å². The number of thioether (sulfide) groups is 1. The first kappa shape index (κ1) is 20.4. The van der Waals surface area contributed by atoms with E-state index in [0.29, 0.717) is 24.2 Å². The van der Waals surface area contributed by atoms with Crippen LogP contribution in [0.25, 0.3) is 0 Å². The van der Waals surface area contributed by atoms with Gasteiger partial charge in [0.25, 0.3) is 5.91 Å². The monoisotopic (exact) mass is 415 g/mol. The Hall–Kier alpha value is -2.37. The number of hydrogen-bond acceptors (Lipinski definition) is 7. The van der Waals surface area contributed by atoms with Gasteiger partial charge in [-0.2, -0.15) is 5.26 Å². The average molecular weight is 416 g/mol. The normalized spacial score (nSPS) is 15.0. The summed E-state index contributed by atoms with van der Waals surface area (Å²) >= 11 is 3.10. The van der Waals surface area contributed by atoms with Crippen LogP contribution in [0.5, 0.6) is 0 Å². The Labute approximate surface area is 172 Å². The summed E-state index contributed by atoms with van der Waals surface area (Å²) in [6, 6.07) is 9.34. The van der Waals surface area contributed by atoms with Gasteiger partial charge in [0.1, 0.15) is 5.54 Å². The number of esters is 1. The van der Waals surface area contributed by atoms with Gasteiger partial charge in [-0.15, -0.1) is 23.1 Å². The molecule has 0 spiro atoms. The van der Waals surface area contributed by atoms with Crippen LogP contribution >= 0.6 is 23.1 Å². The maximum Gasteiger partial charge on any atom is 0.339 e. The lowest BCUT2D eigenvalue weighted by molar-refractivity contribution is -0.125. The molecule has 1 amide bonds. The molecular formula is C20H21N3O3S2. The molecule has 1 saturated carbocycles. The van der Waals surface area contributed by atoms with Gasteiger partial charge in [0.2, 0.25) is 0 Å². The summed E-state index contributed by atoms with van der Waals surface area (Å²) in [6.07, 6.45) is 3.10. The third-order valence-electron chi connectivity index (χ3n) is 4.53. The van der Waals surface area contributed by atoms with E-state index in [2.05, 4.69) is 16.4 Å². The Morgan fingerprint density at radius 2 is 2.11 bits per heavy atom. The van der Waals surface area contributed by atoms with Gasteiger partial charge in [0, 0.05) is 16.0 Å². The van der Waals surface area contributed by atoms with E-state index in [0.717, 1.165) is 28.4 Å². The van der Waals surface area contributed by atoms with Crippen molar-refractivity contribution in [3.05, 3.63) is 45.9 Å². The van der Waals surface area contributed by atoms with E-state index in [1.807, 2.05) is 24.4 Å². The fourth-order valence-electron chi connectivity index (χ4n) is 3.14. The second-order valence-corrected chi connectivity index (χ2v) is 8.75. The number of rotatable bonds is 7. The molecule has 0 bridgehead atoms. The number of hydrogen-bond donors (Lipinski definition) is 1. The standard InChI is InChI=1S/C20H21N3O3S2/c1-14-22-15(11-27-14)12-28-17-7-3-2-6-16(17)19(25)26-10-18(24)23-20(13-21)8-4-5-9-20/h2-3,6-7,11H,4-5,8-10,12H2,1H3,(H,23,24). The number of nitrogens with zero attached hydrogens (tertiary/aromatic N) is 2. The molecule has 1 heterocycles. The van der Waals surface area contributed by atoms with Crippen LogP contribution in [-0.4, -0.2) is 29.0 Å². The van der Waals surface area contributed by atoms with E-state index >= 15 is 0 Å². The Bertz CT molecular complexity index is 898. The van der Waals surface area contributed by atoms with E-state index in [-0.39, 0.29) is 0 Å². The predicted molar refractivity (Wildman–Crippen MR) is 108 cm³/mol. The molecule has 0 saturated heterocycles. The highest BCUT2D eigenvalue weighted by atomic mass is 32.2. The van der Waals surface area contributed by atoms with Gasteiger partial charge in [-0.05, 0) is 44.7 Å². The predicted octanol–water partition coefficient (Wildman–Crippen LogP) is 3.85. The molecule has 0 unspecified atom stereocenters. The molecule has 3 rings (SSSR count). The van der Waals surface area contributed by atoms with E-state index in [4.69, 9.17) is 4.74 Å². The smallest absolute Gasteiger partial charge is 0.339 e. The molecule has 1 aliphatic rings. The summed E-state index contributed by atoms with van der Waals surface area (Å²) in [5.74, 6) is -0.343. The molecular weight excluding hydrogens is 394 g/mol. The molecule has 1 aromatic carbocycles. The van der Waals surface area contributed by atoms with Crippen molar-refractivity contribution in [1.29, 1.82) is 5.26 Å². The van der Waals surface area contributed by atoms with Crippen LogP contribution in [0.1, 0.15) is 46.7 Å². The molecule has 6 nitrogen and oxygen atoms in total. The zero-order valence-corrected chi connectivity index (χ0v) is 17.2. The zero-order chi connectivity index (χ0) is 20.0. The van der Waals surface area contributed by atoms with Crippen LogP contribution in [0.2, 0.25) is 0 Å². The van der Waals surface area contributed by atoms with Crippen LogP contribution in [0.4, 0.5) is 0 Å². The number of carbonyl (C=O) groups excluding carboxylic acids is 2. The first-order valence-electron chi connectivity index (χ1n) is 9.03. The Kier molecular flexibility index (Phi) is 6.70. The molecule has 2 aromatic rings. The van der Waals surface area contributed by atoms with Crippen molar-refractivity contribution in [2.75, 3.05) is 6.61 Å². The summed E-state index contributed by atoms with van der Waals surface area (Å²) in [6.45, 7) is 1.56. The SMILES string of the molecule is Cc1nc(CSc2ccccc2C(=O)OCC(=O)NC2(C#N)CCCC2)cs1. The molecule has 1 aliphatic carbocycles. The van der Waals surface area contributed by atoms with Crippen molar-refractivity contribution >= 4 is 35.0 Å². The summed E-state index contributed by atoms with van der Waals surface area (Å²) in [5, 5.41) is 15.1. The minimum Gasteiger partial charge on any atom is -0.452 e. The van der Waals surface area contributed by atoms with Gasteiger partial charge >= 0.3 is 5.97 Å². The Balaban J connectivity index is 1.57. The fourth-order valence-corrected chi connectivity index (χ4v) is 4.79. The van der Waals surface area contributed by atoms with Crippen LogP contribution in [0.15, 0.2) is 34.5 Å². The maximum absolute atomic E-state index is 12.5. The van der Waals surface area contributed by atoms with Gasteiger partial charge in [0.05, 0.1) is 22.3 Å². The highest BCUT2D eigenvalue weighted by molar-refractivity contribution is 7.98. The second kappa shape index (κ2) is 9.22. The molecule has 28 heavy (non-hydrogen) atoms. The quantitative estimate of drug-likeness (QED) is 0.545. The summed E-state index contributed by atoms with van der Waals surface area (Å²) in [5.41, 5.74) is 0.569. The lowest BCUT2D eigenvalue weighted by Crippen LogP contribution is -2.46. The summed E-state index contributed by atoms with van der Waals surface area (Å²) in [7, 11) is 0. The van der Waals surface area contributed by atoms with Crippen LogP contribution in [-0.2, 0) is 15.3 Å². The molecule has 0 radical (unpaired) electrons. The Morgan fingerprint density at radius 1 is 1.36 bits per heavy atom.